The average molecular weight is 1770 g/mol. The zero-order valence-corrected chi connectivity index (χ0v) is 70.8. The number of rotatable bonds is 18. The summed E-state index contributed by atoms with van der Waals surface area (Å²) in [5.74, 6) is 18.0. The van der Waals surface area contributed by atoms with Crippen molar-refractivity contribution < 1.29 is 76.4 Å². The van der Waals surface area contributed by atoms with Gasteiger partial charge in [0.1, 0.15) is 0 Å². The maximum absolute atomic E-state index is 10.7. The predicted octanol–water partition coefficient (Wildman–Crippen LogP) is 22.9. The summed E-state index contributed by atoms with van der Waals surface area (Å²) in [7, 11) is -13.1. The molecule has 14 aromatic rings. The van der Waals surface area contributed by atoms with E-state index in [0.717, 1.165) is 11.1 Å². The fourth-order valence-electron chi connectivity index (χ4n) is 11.1. The molecule has 578 valence electrons. The minimum Gasteiger partial charge on any atom is -0.358 e. The second-order valence-corrected chi connectivity index (χ2v) is 41.1. The van der Waals surface area contributed by atoms with Crippen LogP contribution in [0.15, 0.2) is 413 Å². The Morgan fingerprint density at radius 3 is 0.434 bits per heavy atom. The smallest absolute Gasteiger partial charge is 0.358 e. The van der Waals surface area contributed by atoms with Gasteiger partial charge in [0.2, 0.25) is 0 Å². The largest absolute Gasteiger partial charge is 1.00 e. The molecule has 0 N–H and O–H groups in total. The van der Waals surface area contributed by atoms with Crippen molar-refractivity contribution in [1.82, 2.24) is 0 Å². The molecule has 0 aliphatic heterocycles. The Bertz CT molecular complexity index is 4240. The standard InChI is InChI=1S/3C25H22P2.2C11H7.3Cu.F6P/c3*1-5-13-22(14-6-1)26(23-15-7-2-8-16-23)21-27(24-17-9-3-10-18-24)25-19-11-4-12-20-25;2*1-3-4-5-11-8-6-10(2)7-9-11;;;;1-7(2,3,4,5)6/h3*1-20H,21H2;2*6-9H,2H3;;;;/q;;;2*-1;3*+1;-1. The Hall–Kier alpha value is -8.53. The molecule has 0 aliphatic carbocycles. The van der Waals surface area contributed by atoms with E-state index in [2.05, 4.69) is 388 Å². The first kappa shape index (κ1) is 93.3. The van der Waals surface area contributed by atoms with E-state index >= 15 is 0 Å². The Morgan fingerprint density at radius 2 is 0.327 bits per heavy atom. The van der Waals surface area contributed by atoms with Crippen LogP contribution >= 0.6 is 55.3 Å². The second kappa shape index (κ2) is 48.6. The van der Waals surface area contributed by atoms with E-state index in [9.17, 15) is 25.2 Å². The van der Waals surface area contributed by atoms with Gasteiger partial charge in [0, 0.05) is 28.8 Å². The van der Waals surface area contributed by atoms with E-state index < -0.39 is 55.3 Å². The first-order chi connectivity index (χ1) is 53.3. The molecular weight excluding hydrogens is 1690 g/mol. The summed E-state index contributed by atoms with van der Waals surface area (Å²) < 4.78 is 59.2. The molecule has 0 amide bonds. The first-order valence-electron chi connectivity index (χ1n) is 35.2. The van der Waals surface area contributed by atoms with E-state index in [4.69, 9.17) is 12.8 Å². The van der Waals surface area contributed by atoms with Gasteiger partial charge in [-0.25, -0.2) is 11.8 Å². The van der Waals surface area contributed by atoms with E-state index in [-0.39, 0.29) is 51.2 Å². The van der Waals surface area contributed by atoms with E-state index in [1.165, 1.54) is 92.5 Å². The number of aryl methyl sites for hydroxylation is 2. The number of hydrogen-bond donors (Lipinski definition) is 0. The minimum atomic E-state index is -10.7. The van der Waals surface area contributed by atoms with E-state index in [1.54, 1.807) is 0 Å². The van der Waals surface area contributed by atoms with Crippen LogP contribution in [-0.2, 0) is 51.2 Å². The quantitative estimate of drug-likeness (QED) is 0.0264. The van der Waals surface area contributed by atoms with Gasteiger partial charge in [0.05, 0.1) is 0 Å². The topological polar surface area (TPSA) is 0 Å². The molecule has 0 radical (unpaired) electrons. The van der Waals surface area contributed by atoms with Crippen LogP contribution < -0.4 is 63.7 Å². The Kier molecular flexibility index (Phi) is 40.2. The number of halogens is 6. The van der Waals surface area contributed by atoms with Gasteiger partial charge in [-0.2, -0.15) is 11.8 Å². The molecule has 113 heavy (non-hydrogen) atoms. The summed E-state index contributed by atoms with van der Waals surface area (Å²) >= 11 is 0. The van der Waals surface area contributed by atoms with Crippen molar-refractivity contribution in [2.45, 2.75) is 13.8 Å². The van der Waals surface area contributed by atoms with Crippen LogP contribution in [0.3, 0.4) is 0 Å². The van der Waals surface area contributed by atoms with Crippen LogP contribution in [-0.4, -0.2) is 17.7 Å². The molecule has 0 aliphatic rings. The minimum absolute atomic E-state index is 0. The molecule has 0 atom stereocenters. The van der Waals surface area contributed by atoms with Crippen molar-refractivity contribution in [1.29, 1.82) is 0 Å². The first-order valence-corrected chi connectivity index (χ1v) is 46.4. The fourth-order valence-corrected chi connectivity index (χ4v) is 30.5. The van der Waals surface area contributed by atoms with Gasteiger partial charge >= 0.3 is 84.2 Å². The molecule has 0 fully saturated rings. The Morgan fingerprint density at radius 1 is 0.212 bits per heavy atom. The van der Waals surface area contributed by atoms with Crippen LogP contribution in [0, 0.1) is 62.2 Å². The molecule has 0 bridgehead atoms. The van der Waals surface area contributed by atoms with Crippen LogP contribution in [0.25, 0.3) is 0 Å². The zero-order valence-electron chi connectivity index (χ0n) is 61.7. The van der Waals surface area contributed by atoms with Gasteiger partial charge in [-0.3, -0.25) is 11.8 Å². The zero-order chi connectivity index (χ0) is 77.6. The summed E-state index contributed by atoms with van der Waals surface area (Å²) in [5.41, 5.74) is 4.29. The summed E-state index contributed by atoms with van der Waals surface area (Å²) in [6, 6.07) is 148. The molecule has 0 saturated heterocycles. The number of hydrogen-bond acceptors (Lipinski definition) is 0. The predicted molar refractivity (Wildman–Crippen MR) is 473 cm³/mol. The molecule has 16 heteroatoms. The molecule has 14 rings (SSSR count). The van der Waals surface area contributed by atoms with Gasteiger partial charge in [-0.05, 0) is 149 Å². The Labute approximate surface area is 704 Å². The molecule has 0 aromatic heterocycles. The van der Waals surface area contributed by atoms with Crippen LogP contribution in [0.5, 0.6) is 0 Å². The monoisotopic (exact) mass is 1760 g/mol. The molecule has 0 unspecified atom stereocenters. The average Bonchev–Trinajstić information content (AvgIpc) is 0.786. The molecule has 0 nitrogen and oxygen atoms in total. The Balaban J connectivity index is 0.000000222. The van der Waals surface area contributed by atoms with Crippen molar-refractivity contribution in [3.63, 3.8) is 0 Å². The van der Waals surface area contributed by atoms with Crippen LogP contribution in [0.1, 0.15) is 22.3 Å². The summed E-state index contributed by atoms with van der Waals surface area (Å²) in [6.07, 6.45) is 13.1. The fraction of sp³-hybridized carbons (Fsp3) is 0.0515. The van der Waals surface area contributed by atoms with E-state index in [1.807, 2.05) is 74.2 Å². The number of benzene rings is 14. The van der Waals surface area contributed by atoms with Crippen LogP contribution in [0.4, 0.5) is 25.2 Å². The van der Waals surface area contributed by atoms with Gasteiger partial charge < -0.3 is 12.8 Å². The van der Waals surface area contributed by atoms with Crippen molar-refractivity contribution >= 4 is 119 Å². The van der Waals surface area contributed by atoms with Gasteiger partial charge in [0.15, 0.2) is 0 Å². The molecular formula is C97H80Cu3F6P7. The maximum atomic E-state index is 9.87. The third kappa shape index (κ3) is 34.6. The molecule has 0 spiro atoms. The third-order valence-corrected chi connectivity index (χ3v) is 34.2. The summed E-state index contributed by atoms with van der Waals surface area (Å²) in [4.78, 5) is 0. The third-order valence-electron chi connectivity index (χ3n) is 16.3. The van der Waals surface area contributed by atoms with Gasteiger partial charge in [-0.1, -0.05) is 399 Å². The summed E-state index contributed by atoms with van der Waals surface area (Å²) in [6.45, 7) is 4.06. The van der Waals surface area contributed by atoms with Crippen LogP contribution in [0.2, 0.25) is 0 Å². The van der Waals surface area contributed by atoms with Crippen molar-refractivity contribution in [2.24, 2.45) is 0 Å². The molecule has 14 aromatic carbocycles. The van der Waals surface area contributed by atoms with Gasteiger partial charge in [-0.15, -0.1) is 0 Å². The molecule has 0 saturated carbocycles. The molecule has 0 heterocycles. The van der Waals surface area contributed by atoms with Crippen molar-refractivity contribution in [3.05, 3.63) is 448 Å². The second-order valence-electron chi connectivity index (χ2n) is 24.5. The van der Waals surface area contributed by atoms with E-state index in [0.29, 0.717) is 0 Å². The SMILES string of the molecule is F[P-](F)(F)(F)(F)F.[C-]#CC#Cc1ccc(C)cc1.[C-]#CC#Cc1ccc(C)cc1.[Cu+].[Cu+].[Cu+].c1ccc(P(CP(c2ccccc2)c2ccccc2)c2ccccc2)cc1.c1ccc(P(CP(c2ccccc2)c2ccccc2)c2ccccc2)cc1.c1ccc(P(CP(c2ccccc2)c2ccccc2)c2ccccc2)cc1. The van der Waals surface area contributed by atoms with Crippen molar-refractivity contribution in [3.8, 4) is 35.5 Å². The van der Waals surface area contributed by atoms with Gasteiger partial charge in [0.25, 0.3) is 0 Å². The van der Waals surface area contributed by atoms with Crippen molar-refractivity contribution in [2.75, 3.05) is 17.7 Å². The maximum Gasteiger partial charge on any atom is 1.00 e. The normalized spacial score (nSPS) is 10.8. The summed E-state index contributed by atoms with van der Waals surface area (Å²) in [5, 5.41) is 17.5.